The molecular weight excluding hydrogens is 148 g/mol. The molecule has 2 fully saturated rings. The van der Waals surface area contributed by atoms with E-state index in [-0.39, 0.29) is 0 Å². The number of hydrogen-bond donors (Lipinski definition) is 1. The van der Waals surface area contributed by atoms with Gasteiger partial charge < -0.3 is 5.11 Å². The highest BCUT2D eigenvalue weighted by Gasteiger charge is 2.54. The third-order valence-corrected chi connectivity index (χ3v) is 4.36. The van der Waals surface area contributed by atoms with Crippen molar-refractivity contribution in [3.63, 3.8) is 0 Å². The van der Waals surface area contributed by atoms with Gasteiger partial charge in [-0.05, 0) is 48.5 Å². The molecule has 0 aromatic carbocycles. The zero-order valence-corrected chi connectivity index (χ0v) is 7.37. The largest absolute Gasteiger partial charge is 0.392 e. The number of fused-ring (bicyclic) bond motifs is 1. The van der Waals surface area contributed by atoms with Gasteiger partial charge in [-0.2, -0.15) is 0 Å². The number of allylic oxidation sites excluding steroid dienone is 1. The maximum atomic E-state index is 9.17. The lowest BCUT2D eigenvalue weighted by atomic mass is 9.45. The van der Waals surface area contributed by atoms with Crippen molar-refractivity contribution in [3.8, 4) is 0 Å². The van der Waals surface area contributed by atoms with E-state index in [2.05, 4.69) is 6.08 Å². The van der Waals surface area contributed by atoms with Crippen LogP contribution in [0.5, 0.6) is 0 Å². The minimum absolute atomic E-state index is 0.324. The molecule has 1 heteroatoms. The molecule has 0 saturated heterocycles. The summed E-state index contributed by atoms with van der Waals surface area (Å²) in [4.78, 5) is 0. The van der Waals surface area contributed by atoms with Crippen molar-refractivity contribution in [2.45, 2.75) is 25.7 Å². The maximum Gasteiger partial charge on any atom is 0.0644 e. The third kappa shape index (κ3) is 0.687. The molecule has 0 aromatic heterocycles. The topological polar surface area (TPSA) is 20.2 Å². The Hall–Kier alpha value is -0.300. The van der Waals surface area contributed by atoms with E-state index in [4.69, 9.17) is 0 Å². The molecule has 0 heterocycles. The first-order valence-corrected chi connectivity index (χ1v) is 5.21. The van der Waals surface area contributed by atoms with Crippen molar-refractivity contribution in [2.24, 2.45) is 23.7 Å². The Morgan fingerprint density at radius 1 is 1.25 bits per heavy atom. The lowest BCUT2D eigenvalue weighted by Crippen LogP contribution is -2.53. The number of rotatable bonds is 1. The van der Waals surface area contributed by atoms with Crippen LogP contribution in [0.4, 0.5) is 0 Å². The minimum atomic E-state index is 0.324. The van der Waals surface area contributed by atoms with Crippen LogP contribution in [-0.2, 0) is 0 Å². The highest BCUT2D eigenvalue weighted by atomic mass is 16.3. The predicted octanol–water partition coefficient (Wildman–Crippen LogP) is 1.97. The summed E-state index contributed by atoms with van der Waals surface area (Å²) in [7, 11) is 0. The van der Waals surface area contributed by atoms with Crippen LogP contribution in [-0.4, -0.2) is 11.7 Å². The Kier molecular flexibility index (Phi) is 1.40. The molecule has 4 bridgehead atoms. The van der Waals surface area contributed by atoms with Crippen molar-refractivity contribution in [2.75, 3.05) is 6.61 Å². The van der Waals surface area contributed by atoms with Gasteiger partial charge in [0.25, 0.3) is 0 Å². The van der Waals surface area contributed by atoms with Gasteiger partial charge >= 0.3 is 0 Å². The van der Waals surface area contributed by atoms with E-state index in [0.29, 0.717) is 6.61 Å². The molecule has 66 valence electrons. The summed E-state index contributed by atoms with van der Waals surface area (Å²) in [6.45, 7) is 0.324. The first kappa shape index (κ1) is 7.14. The van der Waals surface area contributed by atoms with E-state index < -0.39 is 0 Å². The van der Waals surface area contributed by atoms with Crippen LogP contribution in [0.15, 0.2) is 11.6 Å². The highest BCUT2D eigenvalue weighted by Crippen LogP contribution is 2.61. The third-order valence-electron chi connectivity index (χ3n) is 4.36. The van der Waals surface area contributed by atoms with E-state index in [9.17, 15) is 5.11 Å². The summed E-state index contributed by atoms with van der Waals surface area (Å²) in [6, 6.07) is 0. The molecule has 1 nitrogen and oxygen atoms in total. The van der Waals surface area contributed by atoms with E-state index in [1.807, 2.05) is 0 Å². The average Bonchev–Trinajstić information content (AvgIpc) is 2.20. The summed E-state index contributed by atoms with van der Waals surface area (Å²) in [6.07, 6.45) is 7.88. The fraction of sp³-hybridized carbons (Fsp3) is 0.818. The lowest BCUT2D eigenvalue weighted by Gasteiger charge is -2.60. The average molecular weight is 164 g/mol. The van der Waals surface area contributed by atoms with Gasteiger partial charge in [-0.15, -0.1) is 0 Å². The van der Waals surface area contributed by atoms with Crippen molar-refractivity contribution in [1.29, 1.82) is 0 Å². The monoisotopic (exact) mass is 164 g/mol. The quantitative estimate of drug-likeness (QED) is 0.587. The summed E-state index contributed by atoms with van der Waals surface area (Å²) in [5.41, 5.74) is 1.37. The van der Waals surface area contributed by atoms with Gasteiger partial charge in [0.05, 0.1) is 6.61 Å². The van der Waals surface area contributed by atoms with E-state index >= 15 is 0 Å². The first-order chi connectivity index (χ1) is 5.92. The van der Waals surface area contributed by atoms with Crippen molar-refractivity contribution >= 4 is 0 Å². The van der Waals surface area contributed by atoms with Gasteiger partial charge in [-0.3, -0.25) is 0 Å². The van der Waals surface area contributed by atoms with Crippen LogP contribution in [0.3, 0.4) is 0 Å². The second-order valence-electron chi connectivity index (χ2n) is 4.62. The van der Waals surface area contributed by atoms with Gasteiger partial charge in [0, 0.05) is 0 Å². The Morgan fingerprint density at radius 3 is 2.67 bits per heavy atom. The van der Waals surface area contributed by atoms with Gasteiger partial charge in [0.15, 0.2) is 0 Å². The SMILES string of the molecule is OCC1=CCC2C3CCCC2C13. The molecule has 0 aliphatic heterocycles. The number of hydrogen-bond acceptors (Lipinski definition) is 1. The zero-order valence-electron chi connectivity index (χ0n) is 7.37. The Bertz CT molecular complexity index is 219. The Morgan fingerprint density at radius 2 is 2.00 bits per heavy atom. The molecule has 0 aromatic rings. The molecule has 4 rings (SSSR count). The maximum absolute atomic E-state index is 9.17. The number of aliphatic hydroxyl groups excluding tert-OH is 1. The second kappa shape index (κ2) is 2.35. The van der Waals surface area contributed by atoms with Crippen LogP contribution in [0.2, 0.25) is 0 Å². The molecule has 2 saturated carbocycles. The Labute approximate surface area is 73.5 Å². The smallest absolute Gasteiger partial charge is 0.0644 e. The standard InChI is InChI=1S/C11H16O/c12-6-7-4-5-8-9-2-1-3-10(8)11(7)9/h4,8-12H,1-3,5-6H2. The number of aliphatic hydroxyl groups is 1. The minimum Gasteiger partial charge on any atom is -0.392 e. The van der Waals surface area contributed by atoms with Crippen LogP contribution >= 0.6 is 0 Å². The van der Waals surface area contributed by atoms with Gasteiger partial charge in [-0.25, -0.2) is 0 Å². The fourth-order valence-electron chi connectivity index (χ4n) is 3.89. The molecule has 0 spiro atoms. The molecule has 1 N–H and O–H groups in total. The van der Waals surface area contributed by atoms with Crippen LogP contribution in [0.25, 0.3) is 0 Å². The molecule has 12 heavy (non-hydrogen) atoms. The van der Waals surface area contributed by atoms with Crippen molar-refractivity contribution in [3.05, 3.63) is 11.6 Å². The highest BCUT2D eigenvalue weighted by molar-refractivity contribution is 5.24. The van der Waals surface area contributed by atoms with Gasteiger partial charge in [0.2, 0.25) is 0 Å². The Balaban J connectivity index is 1.90. The lowest BCUT2D eigenvalue weighted by molar-refractivity contribution is -0.0608. The molecule has 2 atom stereocenters. The van der Waals surface area contributed by atoms with Crippen molar-refractivity contribution in [1.82, 2.24) is 0 Å². The van der Waals surface area contributed by atoms with E-state index in [0.717, 1.165) is 23.7 Å². The first-order valence-electron chi connectivity index (χ1n) is 5.21. The summed E-state index contributed by atoms with van der Waals surface area (Å²) < 4.78 is 0. The van der Waals surface area contributed by atoms with E-state index in [1.165, 1.54) is 31.3 Å². The van der Waals surface area contributed by atoms with Crippen molar-refractivity contribution < 1.29 is 5.11 Å². The summed E-state index contributed by atoms with van der Waals surface area (Å²) >= 11 is 0. The molecule has 2 unspecified atom stereocenters. The normalized spacial score (nSPS) is 49.6. The molecule has 4 aliphatic rings. The predicted molar refractivity (Wildman–Crippen MR) is 47.6 cm³/mol. The molecule has 0 amide bonds. The van der Waals surface area contributed by atoms with Crippen LogP contribution in [0.1, 0.15) is 25.7 Å². The summed E-state index contributed by atoms with van der Waals surface area (Å²) in [5, 5.41) is 9.17. The second-order valence-corrected chi connectivity index (χ2v) is 4.62. The fourth-order valence-corrected chi connectivity index (χ4v) is 3.89. The van der Waals surface area contributed by atoms with Crippen LogP contribution in [0, 0.1) is 23.7 Å². The molecular formula is C11H16O. The summed E-state index contributed by atoms with van der Waals surface area (Å²) in [5.74, 6) is 3.76. The zero-order chi connectivity index (χ0) is 8.13. The van der Waals surface area contributed by atoms with Crippen LogP contribution < -0.4 is 0 Å². The van der Waals surface area contributed by atoms with Gasteiger partial charge in [-0.1, -0.05) is 12.5 Å². The van der Waals surface area contributed by atoms with Gasteiger partial charge in [0.1, 0.15) is 0 Å². The molecule has 4 aliphatic carbocycles. The molecule has 0 radical (unpaired) electrons. The van der Waals surface area contributed by atoms with E-state index in [1.54, 1.807) is 0 Å².